The average Bonchev–Trinajstić information content (AvgIpc) is 2.59. The standard InChI is InChI=1S/C18H13Cl2N3O2/c19-10-5-6-13(14(20)9-10)16-15(18(25)22-8-7-21)11-3-1-2-4-12(11)17(24)23-16/h1-6,9,15-16H,8H2,(H,22,25)(H,23,24)/t15-,16+/m1/s1. The van der Waals surface area contributed by atoms with E-state index in [1.807, 2.05) is 6.07 Å². The Morgan fingerprint density at radius 3 is 2.68 bits per heavy atom. The minimum atomic E-state index is -0.707. The second-order valence-corrected chi connectivity index (χ2v) is 6.40. The lowest BCUT2D eigenvalue weighted by atomic mass is 9.80. The molecule has 2 atom stereocenters. The Bertz CT molecular complexity index is 892. The summed E-state index contributed by atoms with van der Waals surface area (Å²) in [7, 11) is 0. The first kappa shape index (κ1) is 17.3. The molecule has 25 heavy (non-hydrogen) atoms. The fourth-order valence-corrected chi connectivity index (χ4v) is 3.52. The van der Waals surface area contributed by atoms with E-state index in [2.05, 4.69) is 10.6 Å². The van der Waals surface area contributed by atoms with E-state index in [1.165, 1.54) is 0 Å². The van der Waals surface area contributed by atoms with Crippen molar-refractivity contribution in [1.82, 2.24) is 10.6 Å². The summed E-state index contributed by atoms with van der Waals surface area (Å²) in [6.45, 7) is -0.119. The summed E-state index contributed by atoms with van der Waals surface area (Å²) in [5.74, 6) is -1.35. The van der Waals surface area contributed by atoms with Crippen LogP contribution in [0.25, 0.3) is 0 Å². The summed E-state index contributed by atoms with van der Waals surface area (Å²) in [6, 6.07) is 13.0. The van der Waals surface area contributed by atoms with E-state index in [1.54, 1.807) is 42.5 Å². The van der Waals surface area contributed by atoms with Crippen LogP contribution in [0.1, 0.15) is 33.4 Å². The molecule has 0 unspecified atom stereocenters. The van der Waals surface area contributed by atoms with Gasteiger partial charge in [-0.3, -0.25) is 9.59 Å². The number of nitriles is 1. The third kappa shape index (κ3) is 3.32. The van der Waals surface area contributed by atoms with Crippen LogP contribution >= 0.6 is 23.2 Å². The quantitative estimate of drug-likeness (QED) is 0.810. The van der Waals surface area contributed by atoms with Gasteiger partial charge < -0.3 is 10.6 Å². The molecule has 2 N–H and O–H groups in total. The molecule has 1 aliphatic heterocycles. The predicted molar refractivity (Wildman–Crippen MR) is 94.5 cm³/mol. The summed E-state index contributed by atoms with van der Waals surface area (Å²) >= 11 is 12.2. The first-order chi connectivity index (χ1) is 12.0. The first-order valence-electron chi connectivity index (χ1n) is 7.52. The van der Waals surface area contributed by atoms with Crippen LogP contribution in [0.15, 0.2) is 42.5 Å². The number of benzene rings is 2. The van der Waals surface area contributed by atoms with Crippen molar-refractivity contribution < 1.29 is 9.59 Å². The molecule has 2 aromatic rings. The zero-order valence-electron chi connectivity index (χ0n) is 12.9. The predicted octanol–water partition coefficient (Wildman–Crippen LogP) is 3.20. The second-order valence-electron chi connectivity index (χ2n) is 5.56. The van der Waals surface area contributed by atoms with Gasteiger partial charge in [-0.1, -0.05) is 47.5 Å². The van der Waals surface area contributed by atoms with Crippen molar-refractivity contribution in [3.05, 3.63) is 69.2 Å². The molecule has 0 bridgehead atoms. The number of fused-ring (bicyclic) bond motifs is 1. The molecule has 0 aliphatic carbocycles. The van der Waals surface area contributed by atoms with E-state index < -0.39 is 12.0 Å². The van der Waals surface area contributed by atoms with Gasteiger partial charge in [0.15, 0.2) is 0 Å². The summed E-state index contributed by atoms with van der Waals surface area (Å²) in [5.41, 5.74) is 1.62. The third-order valence-corrected chi connectivity index (χ3v) is 4.64. The zero-order valence-corrected chi connectivity index (χ0v) is 14.4. The maximum absolute atomic E-state index is 12.7. The van der Waals surface area contributed by atoms with Crippen molar-refractivity contribution in [2.45, 2.75) is 12.0 Å². The van der Waals surface area contributed by atoms with Crippen molar-refractivity contribution in [3.8, 4) is 6.07 Å². The summed E-state index contributed by atoms with van der Waals surface area (Å²) < 4.78 is 0. The van der Waals surface area contributed by atoms with E-state index in [0.717, 1.165) is 0 Å². The van der Waals surface area contributed by atoms with Gasteiger partial charge in [-0.25, -0.2) is 0 Å². The summed E-state index contributed by atoms with van der Waals surface area (Å²) in [6.07, 6.45) is 0. The number of rotatable bonds is 3. The third-order valence-electron chi connectivity index (χ3n) is 4.08. The highest BCUT2D eigenvalue weighted by atomic mass is 35.5. The fraction of sp³-hybridized carbons (Fsp3) is 0.167. The molecule has 0 saturated carbocycles. The number of carbonyl (C=O) groups excluding carboxylic acids is 2. The number of nitrogens with zero attached hydrogens (tertiary/aromatic N) is 1. The minimum absolute atomic E-state index is 0.119. The number of hydrogen-bond acceptors (Lipinski definition) is 3. The number of amides is 2. The molecule has 126 valence electrons. The highest BCUT2D eigenvalue weighted by Crippen LogP contribution is 2.40. The van der Waals surface area contributed by atoms with E-state index in [-0.39, 0.29) is 18.4 Å². The molecule has 5 nitrogen and oxygen atoms in total. The van der Waals surface area contributed by atoms with Crippen LogP contribution in [0.2, 0.25) is 10.0 Å². The van der Waals surface area contributed by atoms with Crippen LogP contribution < -0.4 is 10.6 Å². The Labute approximate surface area is 154 Å². The highest BCUT2D eigenvalue weighted by Gasteiger charge is 2.39. The van der Waals surface area contributed by atoms with Crippen molar-refractivity contribution in [3.63, 3.8) is 0 Å². The monoisotopic (exact) mass is 373 g/mol. The van der Waals surface area contributed by atoms with Crippen molar-refractivity contribution >= 4 is 35.0 Å². The van der Waals surface area contributed by atoms with Crippen LogP contribution in [0, 0.1) is 11.3 Å². The van der Waals surface area contributed by atoms with Gasteiger partial charge in [-0.15, -0.1) is 0 Å². The normalized spacial score (nSPS) is 18.7. The van der Waals surface area contributed by atoms with E-state index >= 15 is 0 Å². The molecule has 3 rings (SSSR count). The molecule has 1 aliphatic rings. The van der Waals surface area contributed by atoms with Gasteiger partial charge in [0.1, 0.15) is 6.54 Å². The number of nitrogens with one attached hydrogen (secondary N) is 2. The molecular formula is C18H13Cl2N3O2. The van der Waals surface area contributed by atoms with Crippen LogP contribution in [-0.2, 0) is 4.79 Å². The van der Waals surface area contributed by atoms with Crippen LogP contribution in [0.3, 0.4) is 0 Å². The van der Waals surface area contributed by atoms with Gasteiger partial charge in [0.05, 0.1) is 18.0 Å². The van der Waals surface area contributed by atoms with E-state index in [4.69, 9.17) is 28.5 Å². The molecule has 0 spiro atoms. The Kier molecular flexibility index (Phi) is 4.93. The van der Waals surface area contributed by atoms with Gasteiger partial charge in [-0.05, 0) is 29.3 Å². The Morgan fingerprint density at radius 1 is 1.20 bits per heavy atom. The van der Waals surface area contributed by atoms with Gasteiger partial charge in [0.2, 0.25) is 5.91 Å². The minimum Gasteiger partial charge on any atom is -0.344 e. The molecule has 2 amide bonds. The largest absolute Gasteiger partial charge is 0.344 e. The van der Waals surface area contributed by atoms with Gasteiger partial charge in [0, 0.05) is 15.6 Å². The lowest BCUT2D eigenvalue weighted by Gasteiger charge is -2.33. The molecule has 7 heteroatoms. The van der Waals surface area contributed by atoms with Gasteiger partial charge in [0.25, 0.3) is 5.91 Å². The van der Waals surface area contributed by atoms with Gasteiger partial charge >= 0.3 is 0 Å². The topological polar surface area (TPSA) is 82.0 Å². The van der Waals surface area contributed by atoms with Crippen LogP contribution in [0.4, 0.5) is 0 Å². The molecule has 1 heterocycles. The molecule has 0 saturated heterocycles. The Balaban J connectivity index is 2.11. The number of carbonyl (C=O) groups is 2. The van der Waals surface area contributed by atoms with Crippen molar-refractivity contribution in [2.24, 2.45) is 0 Å². The summed E-state index contributed by atoms with van der Waals surface area (Å²) in [5, 5.41) is 15.0. The van der Waals surface area contributed by atoms with Crippen molar-refractivity contribution in [1.29, 1.82) is 5.26 Å². The molecule has 0 aromatic heterocycles. The molecule has 0 fully saturated rings. The summed E-state index contributed by atoms with van der Waals surface area (Å²) in [4.78, 5) is 25.2. The smallest absolute Gasteiger partial charge is 0.252 e. The van der Waals surface area contributed by atoms with E-state index in [0.29, 0.717) is 26.7 Å². The number of halogens is 2. The maximum Gasteiger partial charge on any atom is 0.252 e. The van der Waals surface area contributed by atoms with Crippen molar-refractivity contribution in [2.75, 3.05) is 6.54 Å². The Morgan fingerprint density at radius 2 is 1.96 bits per heavy atom. The SMILES string of the molecule is N#CCNC(=O)[C@@H]1c2ccccc2C(=O)N[C@H]1c1ccc(Cl)cc1Cl. The Hall–Kier alpha value is -2.55. The van der Waals surface area contributed by atoms with Crippen LogP contribution in [0.5, 0.6) is 0 Å². The molecular weight excluding hydrogens is 361 g/mol. The molecule has 2 aromatic carbocycles. The second kappa shape index (κ2) is 7.14. The highest BCUT2D eigenvalue weighted by molar-refractivity contribution is 6.35. The van der Waals surface area contributed by atoms with E-state index in [9.17, 15) is 9.59 Å². The zero-order chi connectivity index (χ0) is 18.0. The maximum atomic E-state index is 12.7. The lowest BCUT2D eigenvalue weighted by Crippen LogP contribution is -2.44. The number of hydrogen-bond donors (Lipinski definition) is 2. The fourth-order valence-electron chi connectivity index (χ4n) is 3.00. The first-order valence-corrected chi connectivity index (χ1v) is 8.28. The lowest BCUT2D eigenvalue weighted by molar-refractivity contribution is -0.123. The van der Waals surface area contributed by atoms with Gasteiger partial charge in [-0.2, -0.15) is 5.26 Å². The molecule has 0 radical (unpaired) electrons. The average molecular weight is 374 g/mol. The van der Waals surface area contributed by atoms with Crippen LogP contribution in [-0.4, -0.2) is 18.4 Å².